The molecule has 120 valence electrons. The minimum atomic E-state index is -0.456. The predicted octanol–water partition coefficient (Wildman–Crippen LogP) is 3.66. The van der Waals surface area contributed by atoms with Crippen LogP contribution in [0.4, 0.5) is 5.69 Å². The van der Waals surface area contributed by atoms with Crippen molar-refractivity contribution in [2.75, 3.05) is 12.4 Å². The lowest BCUT2D eigenvalue weighted by molar-refractivity contribution is -0.116. The van der Waals surface area contributed by atoms with E-state index in [1.165, 1.54) is 12.7 Å². The van der Waals surface area contributed by atoms with Crippen LogP contribution in [0.5, 0.6) is 0 Å². The Bertz CT molecular complexity index is 705. The zero-order valence-corrected chi connectivity index (χ0v) is 13.7. The van der Waals surface area contributed by atoms with E-state index in [0.29, 0.717) is 24.1 Å². The molecular formula is C19H21NO3. The van der Waals surface area contributed by atoms with Gasteiger partial charge in [-0.1, -0.05) is 42.0 Å². The summed E-state index contributed by atoms with van der Waals surface area (Å²) >= 11 is 0. The number of hydrogen-bond donors (Lipinski definition) is 1. The maximum Gasteiger partial charge on any atom is 0.339 e. The molecule has 0 aliphatic carbocycles. The van der Waals surface area contributed by atoms with Crippen LogP contribution in [0.3, 0.4) is 0 Å². The van der Waals surface area contributed by atoms with Crippen molar-refractivity contribution in [2.24, 2.45) is 0 Å². The van der Waals surface area contributed by atoms with Gasteiger partial charge in [0.15, 0.2) is 0 Å². The van der Waals surface area contributed by atoms with E-state index in [1.807, 2.05) is 44.2 Å². The molecule has 23 heavy (non-hydrogen) atoms. The van der Waals surface area contributed by atoms with Crippen LogP contribution in [0.1, 0.15) is 33.5 Å². The van der Waals surface area contributed by atoms with E-state index in [-0.39, 0.29) is 5.91 Å². The number of rotatable bonds is 5. The van der Waals surface area contributed by atoms with Crippen molar-refractivity contribution in [2.45, 2.75) is 26.7 Å². The van der Waals surface area contributed by atoms with Gasteiger partial charge in [-0.2, -0.15) is 0 Å². The first-order valence-corrected chi connectivity index (χ1v) is 7.54. The quantitative estimate of drug-likeness (QED) is 0.857. The largest absolute Gasteiger partial charge is 0.465 e. The number of aryl methyl sites for hydroxylation is 3. The average molecular weight is 311 g/mol. The Morgan fingerprint density at radius 3 is 2.39 bits per heavy atom. The summed E-state index contributed by atoms with van der Waals surface area (Å²) in [7, 11) is 1.33. The molecule has 0 atom stereocenters. The van der Waals surface area contributed by atoms with E-state index < -0.39 is 5.97 Å². The molecule has 0 aliphatic heterocycles. The fourth-order valence-electron chi connectivity index (χ4n) is 2.33. The fraction of sp³-hybridized carbons (Fsp3) is 0.263. The number of ether oxygens (including phenoxy) is 1. The maximum atomic E-state index is 12.2. The predicted molar refractivity (Wildman–Crippen MR) is 90.6 cm³/mol. The minimum Gasteiger partial charge on any atom is -0.465 e. The van der Waals surface area contributed by atoms with Crippen molar-refractivity contribution in [3.05, 3.63) is 64.7 Å². The Kier molecular flexibility index (Phi) is 5.52. The number of carbonyl (C=O) groups is 2. The molecule has 0 saturated carbocycles. The Morgan fingerprint density at radius 1 is 1.04 bits per heavy atom. The van der Waals surface area contributed by atoms with Crippen LogP contribution >= 0.6 is 0 Å². The Hall–Kier alpha value is -2.62. The molecule has 0 aliphatic rings. The zero-order chi connectivity index (χ0) is 16.8. The van der Waals surface area contributed by atoms with Gasteiger partial charge in [0.2, 0.25) is 5.91 Å². The average Bonchev–Trinajstić information content (AvgIpc) is 2.55. The number of esters is 1. The summed E-state index contributed by atoms with van der Waals surface area (Å²) in [6, 6.07) is 13.4. The first-order chi connectivity index (χ1) is 11.0. The molecule has 0 radical (unpaired) electrons. The van der Waals surface area contributed by atoms with E-state index in [4.69, 9.17) is 4.74 Å². The zero-order valence-electron chi connectivity index (χ0n) is 13.7. The van der Waals surface area contributed by atoms with E-state index in [9.17, 15) is 9.59 Å². The number of nitrogens with one attached hydrogen (secondary N) is 1. The van der Waals surface area contributed by atoms with Crippen molar-refractivity contribution < 1.29 is 14.3 Å². The minimum absolute atomic E-state index is 0.120. The van der Waals surface area contributed by atoms with E-state index in [2.05, 4.69) is 5.32 Å². The van der Waals surface area contributed by atoms with Crippen molar-refractivity contribution >= 4 is 17.6 Å². The highest BCUT2D eigenvalue weighted by Crippen LogP contribution is 2.21. The Morgan fingerprint density at radius 2 is 1.74 bits per heavy atom. The standard InChI is InChI=1S/C19H21NO3/c1-13-7-9-15(10-8-13)11-12-17(21)20-18-14(2)5-4-6-16(18)19(22)23-3/h4-10H,11-12H2,1-3H3,(H,20,21). The lowest BCUT2D eigenvalue weighted by atomic mass is 10.1. The van der Waals surface area contributed by atoms with Gasteiger partial charge in [-0.05, 0) is 37.5 Å². The summed E-state index contributed by atoms with van der Waals surface area (Å²) in [5.41, 5.74) is 4.03. The van der Waals surface area contributed by atoms with Gasteiger partial charge in [0.05, 0.1) is 18.4 Å². The third-order valence-corrected chi connectivity index (χ3v) is 3.70. The number of carbonyl (C=O) groups excluding carboxylic acids is 2. The summed E-state index contributed by atoms with van der Waals surface area (Å²) in [5, 5.41) is 2.84. The second-order valence-electron chi connectivity index (χ2n) is 5.52. The molecule has 2 rings (SSSR count). The number of hydrogen-bond acceptors (Lipinski definition) is 3. The van der Waals surface area contributed by atoms with Crippen molar-refractivity contribution in [1.82, 2.24) is 0 Å². The molecule has 0 aromatic heterocycles. The summed E-state index contributed by atoms with van der Waals surface area (Å²) < 4.78 is 4.76. The van der Waals surface area contributed by atoms with Gasteiger partial charge in [0.1, 0.15) is 0 Å². The molecule has 4 nitrogen and oxygen atoms in total. The number of methoxy groups -OCH3 is 1. The van der Waals surface area contributed by atoms with Gasteiger partial charge < -0.3 is 10.1 Å². The van der Waals surface area contributed by atoms with Crippen LogP contribution in [0, 0.1) is 13.8 Å². The van der Waals surface area contributed by atoms with Crippen LogP contribution in [0.25, 0.3) is 0 Å². The smallest absolute Gasteiger partial charge is 0.339 e. The second-order valence-corrected chi connectivity index (χ2v) is 5.52. The molecule has 2 aromatic rings. The van der Waals surface area contributed by atoms with Crippen LogP contribution in [0.2, 0.25) is 0 Å². The molecule has 0 fully saturated rings. The highest BCUT2D eigenvalue weighted by atomic mass is 16.5. The number of para-hydroxylation sites is 1. The molecule has 0 spiro atoms. The van der Waals surface area contributed by atoms with Gasteiger partial charge in [0, 0.05) is 6.42 Å². The van der Waals surface area contributed by atoms with Crippen molar-refractivity contribution in [3.8, 4) is 0 Å². The molecule has 2 aromatic carbocycles. The van der Waals surface area contributed by atoms with Crippen molar-refractivity contribution in [1.29, 1.82) is 0 Å². The van der Waals surface area contributed by atoms with Crippen LogP contribution < -0.4 is 5.32 Å². The number of anilines is 1. The van der Waals surface area contributed by atoms with Crippen LogP contribution in [-0.4, -0.2) is 19.0 Å². The number of benzene rings is 2. The monoisotopic (exact) mass is 311 g/mol. The second kappa shape index (κ2) is 7.58. The summed E-state index contributed by atoms with van der Waals surface area (Å²) in [6.45, 7) is 3.88. The molecule has 1 amide bonds. The van der Waals surface area contributed by atoms with Gasteiger partial charge in [-0.15, -0.1) is 0 Å². The van der Waals surface area contributed by atoms with E-state index in [0.717, 1.165) is 11.1 Å². The first kappa shape index (κ1) is 16.7. The highest BCUT2D eigenvalue weighted by Gasteiger charge is 2.15. The first-order valence-electron chi connectivity index (χ1n) is 7.54. The lowest BCUT2D eigenvalue weighted by Gasteiger charge is -2.12. The topological polar surface area (TPSA) is 55.4 Å². The van der Waals surface area contributed by atoms with E-state index >= 15 is 0 Å². The molecule has 0 heterocycles. The molecule has 0 unspecified atom stereocenters. The van der Waals surface area contributed by atoms with E-state index in [1.54, 1.807) is 12.1 Å². The molecule has 1 N–H and O–H groups in total. The number of amides is 1. The normalized spacial score (nSPS) is 10.2. The lowest BCUT2D eigenvalue weighted by Crippen LogP contribution is -2.16. The molecular weight excluding hydrogens is 290 g/mol. The molecule has 0 bridgehead atoms. The molecule has 0 saturated heterocycles. The Balaban J connectivity index is 2.05. The van der Waals surface area contributed by atoms with Crippen LogP contribution in [-0.2, 0) is 16.0 Å². The van der Waals surface area contributed by atoms with Gasteiger partial charge in [0.25, 0.3) is 0 Å². The van der Waals surface area contributed by atoms with Gasteiger partial charge in [-0.3, -0.25) is 4.79 Å². The fourth-order valence-corrected chi connectivity index (χ4v) is 2.33. The summed E-state index contributed by atoms with van der Waals surface area (Å²) in [6.07, 6.45) is 1.02. The SMILES string of the molecule is COC(=O)c1cccc(C)c1NC(=O)CCc1ccc(C)cc1. The third-order valence-electron chi connectivity index (χ3n) is 3.70. The molecule has 4 heteroatoms. The summed E-state index contributed by atoms with van der Waals surface area (Å²) in [4.78, 5) is 24.0. The highest BCUT2D eigenvalue weighted by molar-refractivity contribution is 6.02. The Labute approximate surface area is 136 Å². The van der Waals surface area contributed by atoms with Crippen LogP contribution in [0.15, 0.2) is 42.5 Å². The van der Waals surface area contributed by atoms with Crippen molar-refractivity contribution in [3.63, 3.8) is 0 Å². The third kappa shape index (κ3) is 4.42. The maximum absolute atomic E-state index is 12.2. The summed E-state index contributed by atoms with van der Waals surface area (Å²) in [5.74, 6) is -0.576. The van der Waals surface area contributed by atoms with Gasteiger partial charge >= 0.3 is 5.97 Å². The van der Waals surface area contributed by atoms with Gasteiger partial charge in [-0.25, -0.2) is 4.79 Å².